The van der Waals surface area contributed by atoms with E-state index in [1.807, 2.05) is 36.4 Å². The lowest BCUT2D eigenvalue weighted by atomic mass is 10.1. The number of furan rings is 1. The summed E-state index contributed by atoms with van der Waals surface area (Å²) in [6, 6.07) is 13.7. The van der Waals surface area contributed by atoms with Crippen molar-refractivity contribution in [3.05, 3.63) is 47.7 Å². The Balaban J connectivity index is 1.69. The standard InChI is InChI=1S/C20H25N3O2/c1-22(2)12-16-13-23(9-10-24-15-16)14-18-7-8-20(25-18)19-6-4-3-5-17(19)11-21/h3-8,16H,9-10,12-15H2,1-2H3/t16-/m1/s1. The molecule has 0 saturated carbocycles. The highest BCUT2D eigenvalue weighted by atomic mass is 16.5. The highest BCUT2D eigenvalue weighted by Crippen LogP contribution is 2.26. The van der Waals surface area contributed by atoms with Crippen LogP contribution in [0.4, 0.5) is 0 Å². The zero-order valence-corrected chi connectivity index (χ0v) is 14.9. The molecule has 1 aromatic heterocycles. The molecule has 0 spiro atoms. The van der Waals surface area contributed by atoms with Crippen LogP contribution in [0.25, 0.3) is 11.3 Å². The van der Waals surface area contributed by atoms with Gasteiger partial charge in [0.05, 0.1) is 31.4 Å². The van der Waals surface area contributed by atoms with Crippen molar-refractivity contribution in [1.82, 2.24) is 9.80 Å². The van der Waals surface area contributed by atoms with E-state index in [4.69, 9.17) is 9.15 Å². The molecule has 2 heterocycles. The fraction of sp³-hybridized carbons (Fsp3) is 0.450. The van der Waals surface area contributed by atoms with E-state index in [0.717, 1.165) is 56.5 Å². The number of rotatable bonds is 5. The average molecular weight is 339 g/mol. The molecule has 1 aliphatic rings. The largest absolute Gasteiger partial charge is 0.460 e. The maximum absolute atomic E-state index is 9.26. The minimum atomic E-state index is 0.506. The summed E-state index contributed by atoms with van der Waals surface area (Å²) >= 11 is 0. The molecule has 0 aliphatic carbocycles. The second-order valence-electron chi connectivity index (χ2n) is 6.86. The van der Waals surface area contributed by atoms with E-state index >= 15 is 0 Å². The molecular weight excluding hydrogens is 314 g/mol. The Morgan fingerprint density at radius 2 is 2.08 bits per heavy atom. The lowest BCUT2D eigenvalue weighted by Crippen LogP contribution is -2.34. The molecule has 1 fully saturated rings. The summed E-state index contributed by atoms with van der Waals surface area (Å²) in [5, 5.41) is 9.26. The first-order chi connectivity index (χ1) is 12.2. The van der Waals surface area contributed by atoms with Crippen LogP contribution in [-0.4, -0.2) is 56.7 Å². The third kappa shape index (κ3) is 4.70. The van der Waals surface area contributed by atoms with E-state index in [0.29, 0.717) is 11.5 Å². The lowest BCUT2D eigenvalue weighted by molar-refractivity contribution is 0.112. The SMILES string of the molecule is CN(C)C[C@H]1COCCN(Cc2ccc(-c3ccccc3C#N)o2)C1. The summed E-state index contributed by atoms with van der Waals surface area (Å²) < 4.78 is 11.8. The number of nitriles is 1. The molecule has 1 saturated heterocycles. The molecular formula is C20H25N3O2. The van der Waals surface area contributed by atoms with Crippen LogP contribution in [0.1, 0.15) is 11.3 Å². The first-order valence-electron chi connectivity index (χ1n) is 8.68. The first-order valence-corrected chi connectivity index (χ1v) is 8.68. The minimum Gasteiger partial charge on any atom is -0.460 e. The van der Waals surface area contributed by atoms with Gasteiger partial charge >= 0.3 is 0 Å². The van der Waals surface area contributed by atoms with Gasteiger partial charge in [-0.15, -0.1) is 0 Å². The zero-order chi connectivity index (χ0) is 17.6. The van der Waals surface area contributed by atoms with E-state index in [1.165, 1.54) is 0 Å². The summed E-state index contributed by atoms with van der Waals surface area (Å²) in [6.45, 7) is 5.28. The molecule has 2 aromatic rings. The molecule has 132 valence electrons. The van der Waals surface area contributed by atoms with E-state index in [9.17, 15) is 5.26 Å². The number of nitrogens with zero attached hydrogens (tertiary/aromatic N) is 3. The van der Waals surface area contributed by atoms with Gasteiger partial charge in [-0.25, -0.2) is 0 Å². The van der Waals surface area contributed by atoms with Crippen LogP contribution in [0.15, 0.2) is 40.8 Å². The van der Waals surface area contributed by atoms with Crippen molar-refractivity contribution in [3.63, 3.8) is 0 Å². The second kappa shape index (κ2) is 8.30. The summed E-state index contributed by atoms with van der Waals surface area (Å²) in [5.74, 6) is 2.18. The Morgan fingerprint density at radius 1 is 1.24 bits per heavy atom. The van der Waals surface area contributed by atoms with Gasteiger partial charge in [0.1, 0.15) is 11.5 Å². The highest BCUT2D eigenvalue weighted by Gasteiger charge is 2.20. The number of hydrogen-bond acceptors (Lipinski definition) is 5. The van der Waals surface area contributed by atoms with Gasteiger partial charge in [0, 0.05) is 31.1 Å². The van der Waals surface area contributed by atoms with Crippen molar-refractivity contribution in [2.75, 3.05) is 46.9 Å². The van der Waals surface area contributed by atoms with Gasteiger partial charge < -0.3 is 14.1 Å². The van der Waals surface area contributed by atoms with Crippen LogP contribution in [-0.2, 0) is 11.3 Å². The number of hydrogen-bond donors (Lipinski definition) is 0. The van der Waals surface area contributed by atoms with Gasteiger partial charge in [0.2, 0.25) is 0 Å². The molecule has 1 atom stereocenters. The van der Waals surface area contributed by atoms with Crippen LogP contribution in [0, 0.1) is 17.2 Å². The molecule has 5 heteroatoms. The van der Waals surface area contributed by atoms with Crippen molar-refractivity contribution in [2.24, 2.45) is 5.92 Å². The Labute approximate surface area is 149 Å². The van der Waals surface area contributed by atoms with Gasteiger partial charge in [-0.05, 0) is 38.4 Å². The van der Waals surface area contributed by atoms with Crippen molar-refractivity contribution < 1.29 is 9.15 Å². The Kier molecular flexibility index (Phi) is 5.87. The Bertz CT molecular complexity index is 733. The van der Waals surface area contributed by atoms with Gasteiger partial charge in [0.15, 0.2) is 0 Å². The molecule has 1 aromatic carbocycles. The minimum absolute atomic E-state index is 0.506. The van der Waals surface area contributed by atoms with Gasteiger partial charge in [0.25, 0.3) is 0 Å². The van der Waals surface area contributed by atoms with E-state index in [-0.39, 0.29) is 0 Å². The normalized spacial score (nSPS) is 18.9. The van der Waals surface area contributed by atoms with Crippen molar-refractivity contribution in [3.8, 4) is 17.4 Å². The molecule has 25 heavy (non-hydrogen) atoms. The second-order valence-corrected chi connectivity index (χ2v) is 6.86. The quantitative estimate of drug-likeness (QED) is 0.838. The summed E-state index contributed by atoms with van der Waals surface area (Å²) in [4.78, 5) is 4.60. The lowest BCUT2D eigenvalue weighted by Gasteiger charge is -2.24. The predicted octanol–water partition coefficient (Wildman–Crippen LogP) is 2.83. The van der Waals surface area contributed by atoms with Gasteiger partial charge in [-0.2, -0.15) is 5.26 Å². The summed E-state index contributed by atoms with van der Waals surface area (Å²) in [5.41, 5.74) is 1.48. The molecule has 0 radical (unpaired) electrons. The molecule has 0 amide bonds. The molecule has 0 bridgehead atoms. The van der Waals surface area contributed by atoms with E-state index in [2.05, 4.69) is 30.0 Å². The van der Waals surface area contributed by atoms with Gasteiger partial charge in [-0.3, -0.25) is 4.90 Å². The topological polar surface area (TPSA) is 52.6 Å². The maximum atomic E-state index is 9.26. The number of ether oxygens (including phenoxy) is 1. The molecule has 3 rings (SSSR count). The van der Waals surface area contributed by atoms with Crippen LogP contribution in [0.5, 0.6) is 0 Å². The van der Waals surface area contributed by atoms with E-state index in [1.54, 1.807) is 0 Å². The fourth-order valence-electron chi connectivity index (χ4n) is 3.35. The van der Waals surface area contributed by atoms with Crippen molar-refractivity contribution in [1.29, 1.82) is 5.26 Å². The van der Waals surface area contributed by atoms with Crippen molar-refractivity contribution in [2.45, 2.75) is 6.54 Å². The molecule has 5 nitrogen and oxygen atoms in total. The Morgan fingerprint density at radius 3 is 2.88 bits per heavy atom. The average Bonchev–Trinajstić information content (AvgIpc) is 2.95. The highest BCUT2D eigenvalue weighted by molar-refractivity contribution is 5.66. The van der Waals surface area contributed by atoms with Crippen LogP contribution in [0.3, 0.4) is 0 Å². The smallest absolute Gasteiger partial charge is 0.135 e. The summed E-state index contributed by atoms with van der Waals surface area (Å²) in [7, 11) is 4.20. The van der Waals surface area contributed by atoms with Crippen LogP contribution >= 0.6 is 0 Å². The van der Waals surface area contributed by atoms with Crippen LogP contribution in [0.2, 0.25) is 0 Å². The number of benzene rings is 1. The summed E-state index contributed by atoms with van der Waals surface area (Å²) in [6.07, 6.45) is 0. The first kappa shape index (κ1) is 17.7. The fourth-order valence-corrected chi connectivity index (χ4v) is 3.35. The Hall–Kier alpha value is -2.13. The predicted molar refractivity (Wildman–Crippen MR) is 97.0 cm³/mol. The molecule has 0 N–H and O–H groups in total. The molecule has 0 unspecified atom stereocenters. The third-order valence-electron chi connectivity index (χ3n) is 4.40. The zero-order valence-electron chi connectivity index (χ0n) is 14.9. The molecule has 1 aliphatic heterocycles. The van der Waals surface area contributed by atoms with Crippen LogP contribution < -0.4 is 0 Å². The monoisotopic (exact) mass is 339 g/mol. The third-order valence-corrected chi connectivity index (χ3v) is 4.40. The maximum Gasteiger partial charge on any atom is 0.135 e. The van der Waals surface area contributed by atoms with E-state index < -0.39 is 0 Å². The van der Waals surface area contributed by atoms with Gasteiger partial charge in [-0.1, -0.05) is 12.1 Å². The van der Waals surface area contributed by atoms with Crippen molar-refractivity contribution >= 4 is 0 Å².